The SMILES string of the molecule is CCCC1CCC(C#N)(Cc2csc(C)n2)CC1. The van der Waals surface area contributed by atoms with Crippen LogP contribution < -0.4 is 0 Å². The molecule has 0 aromatic carbocycles. The number of thiazole rings is 1. The highest BCUT2D eigenvalue weighted by molar-refractivity contribution is 7.09. The highest BCUT2D eigenvalue weighted by Gasteiger charge is 2.35. The molecule has 0 amide bonds. The third kappa shape index (κ3) is 3.11. The summed E-state index contributed by atoms with van der Waals surface area (Å²) in [7, 11) is 0. The van der Waals surface area contributed by atoms with Crippen molar-refractivity contribution >= 4 is 11.3 Å². The zero-order chi connectivity index (χ0) is 13.0. The molecule has 1 aromatic rings. The molecule has 1 fully saturated rings. The first-order chi connectivity index (χ1) is 8.67. The molecule has 0 unspecified atom stereocenters. The van der Waals surface area contributed by atoms with E-state index in [1.165, 1.54) is 25.7 Å². The van der Waals surface area contributed by atoms with Gasteiger partial charge in [0.1, 0.15) is 0 Å². The first-order valence-electron chi connectivity index (χ1n) is 7.00. The summed E-state index contributed by atoms with van der Waals surface area (Å²) in [4.78, 5) is 4.52. The normalized spacial score (nSPS) is 27.9. The fourth-order valence-corrected chi connectivity index (χ4v) is 3.70. The Morgan fingerprint density at radius 3 is 2.72 bits per heavy atom. The average molecular weight is 262 g/mol. The highest BCUT2D eigenvalue weighted by atomic mass is 32.1. The molecule has 1 heterocycles. The average Bonchev–Trinajstić information content (AvgIpc) is 2.78. The molecule has 1 aromatic heterocycles. The minimum atomic E-state index is -0.134. The van der Waals surface area contributed by atoms with Crippen LogP contribution in [0.2, 0.25) is 0 Å². The Balaban J connectivity index is 1.99. The monoisotopic (exact) mass is 262 g/mol. The molecule has 0 aliphatic heterocycles. The van der Waals surface area contributed by atoms with Gasteiger partial charge >= 0.3 is 0 Å². The van der Waals surface area contributed by atoms with Crippen LogP contribution >= 0.6 is 11.3 Å². The van der Waals surface area contributed by atoms with Gasteiger partial charge in [-0.3, -0.25) is 0 Å². The van der Waals surface area contributed by atoms with Gasteiger partial charge in [0, 0.05) is 11.8 Å². The molecular formula is C15H22N2S. The minimum Gasteiger partial charge on any atom is -0.247 e. The maximum atomic E-state index is 9.55. The maximum absolute atomic E-state index is 9.55. The number of aryl methyl sites for hydroxylation is 1. The van der Waals surface area contributed by atoms with Crippen molar-refractivity contribution < 1.29 is 0 Å². The zero-order valence-corrected chi connectivity index (χ0v) is 12.2. The van der Waals surface area contributed by atoms with E-state index in [2.05, 4.69) is 23.4 Å². The van der Waals surface area contributed by atoms with E-state index in [1.54, 1.807) is 11.3 Å². The summed E-state index contributed by atoms with van der Waals surface area (Å²) in [5.41, 5.74) is 0.984. The first-order valence-corrected chi connectivity index (χ1v) is 7.88. The molecule has 2 rings (SSSR count). The van der Waals surface area contributed by atoms with Gasteiger partial charge in [-0.1, -0.05) is 19.8 Å². The summed E-state index contributed by atoms with van der Waals surface area (Å²) < 4.78 is 0. The third-order valence-electron chi connectivity index (χ3n) is 4.18. The molecule has 0 radical (unpaired) electrons. The van der Waals surface area contributed by atoms with Crippen molar-refractivity contribution in [1.82, 2.24) is 4.98 Å². The smallest absolute Gasteiger partial charge is 0.0897 e. The second-order valence-corrected chi connectivity index (χ2v) is 6.72. The summed E-state index contributed by atoms with van der Waals surface area (Å²) in [6.45, 7) is 4.29. The molecule has 1 aliphatic carbocycles. The number of nitriles is 1. The molecular weight excluding hydrogens is 240 g/mol. The van der Waals surface area contributed by atoms with Gasteiger partial charge in [-0.15, -0.1) is 11.3 Å². The first kappa shape index (κ1) is 13.5. The third-order valence-corrected chi connectivity index (χ3v) is 5.00. The van der Waals surface area contributed by atoms with E-state index in [4.69, 9.17) is 0 Å². The van der Waals surface area contributed by atoms with E-state index in [0.29, 0.717) is 0 Å². The summed E-state index contributed by atoms with van der Waals surface area (Å²) >= 11 is 1.69. The summed E-state index contributed by atoms with van der Waals surface area (Å²) in [5.74, 6) is 0.855. The van der Waals surface area contributed by atoms with E-state index in [-0.39, 0.29) is 5.41 Å². The lowest BCUT2D eigenvalue weighted by molar-refractivity contribution is 0.199. The standard InChI is InChI=1S/C15H22N2S/c1-3-4-13-5-7-15(11-16,8-6-13)9-14-10-18-12(2)17-14/h10,13H,3-9H2,1-2H3. The molecule has 0 N–H and O–H groups in total. The second-order valence-electron chi connectivity index (χ2n) is 5.66. The Labute approximate surface area is 114 Å². The maximum Gasteiger partial charge on any atom is 0.0897 e. The van der Waals surface area contributed by atoms with Crippen molar-refractivity contribution in [2.45, 2.75) is 58.8 Å². The lowest BCUT2D eigenvalue weighted by Crippen LogP contribution is -2.28. The van der Waals surface area contributed by atoms with Crippen LogP contribution in [0.1, 0.15) is 56.2 Å². The number of aromatic nitrogens is 1. The molecule has 2 nitrogen and oxygen atoms in total. The Hall–Kier alpha value is -0.880. The fourth-order valence-electron chi connectivity index (χ4n) is 3.09. The molecule has 0 atom stereocenters. The van der Waals surface area contributed by atoms with E-state index in [1.807, 2.05) is 6.92 Å². The topological polar surface area (TPSA) is 36.7 Å². The molecule has 3 heteroatoms. The van der Waals surface area contributed by atoms with E-state index < -0.39 is 0 Å². The molecule has 98 valence electrons. The van der Waals surface area contributed by atoms with Gasteiger partial charge in [0.25, 0.3) is 0 Å². The zero-order valence-electron chi connectivity index (χ0n) is 11.4. The van der Waals surface area contributed by atoms with Crippen molar-refractivity contribution in [3.05, 3.63) is 16.1 Å². The predicted octanol–water partition coefficient (Wildman–Crippen LogP) is 4.49. The van der Waals surface area contributed by atoms with Crippen LogP contribution in [0.3, 0.4) is 0 Å². The van der Waals surface area contributed by atoms with Gasteiger partial charge in [0.05, 0.1) is 22.2 Å². The van der Waals surface area contributed by atoms with Crippen LogP contribution in [0.25, 0.3) is 0 Å². The van der Waals surface area contributed by atoms with Crippen molar-refractivity contribution in [1.29, 1.82) is 5.26 Å². The summed E-state index contributed by atoms with van der Waals surface area (Å²) in [5, 5.41) is 12.8. The number of hydrogen-bond donors (Lipinski definition) is 0. The quantitative estimate of drug-likeness (QED) is 0.801. The van der Waals surface area contributed by atoms with Gasteiger partial charge < -0.3 is 0 Å². The van der Waals surface area contributed by atoms with Crippen LogP contribution in [-0.4, -0.2) is 4.98 Å². The Bertz CT molecular complexity index is 422. The minimum absolute atomic E-state index is 0.134. The lowest BCUT2D eigenvalue weighted by Gasteiger charge is -2.34. The van der Waals surface area contributed by atoms with E-state index >= 15 is 0 Å². The van der Waals surface area contributed by atoms with Gasteiger partial charge in [-0.2, -0.15) is 5.26 Å². The molecule has 18 heavy (non-hydrogen) atoms. The molecule has 1 saturated carbocycles. The van der Waals surface area contributed by atoms with Crippen molar-refractivity contribution in [3.63, 3.8) is 0 Å². The van der Waals surface area contributed by atoms with Crippen LogP contribution in [0.4, 0.5) is 0 Å². The Morgan fingerprint density at radius 2 is 2.22 bits per heavy atom. The van der Waals surface area contributed by atoms with Gasteiger partial charge in [-0.05, 0) is 38.5 Å². The number of nitrogens with zero attached hydrogens (tertiary/aromatic N) is 2. The van der Waals surface area contributed by atoms with Gasteiger partial charge in [0.15, 0.2) is 0 Å². The highest BCUT2D eigenvalue weighted by Crippen LogP contribution is 2.42. The van der Waals surface area contributed by atoms with E-state index in [9.17, 15) is 5.26 Å². The van der Waals surface area contributed by atoms with Crippen LogP contribution in [0, 0.1) is 29.6 Å². The van der Waals surface area contributed by atoms with Crippen LogP contribution in [-0.2, 0) is 6.42 Å². The lowest BCUT2D eigenvalue weighted by atomic mass is 9.68. The number of rotatable bonds is 4. The molecule has 0 spiro atoms. The van der Waals surface area contributed by atoms with Crippen molar-refractivity contribution in [2.24, 2.45) is 11.3 Å². The largest absolute Gasteiger partial charge is 0.247 e. The molecule has 1 aliphatic rings. The van der Waals surface area contributed by atoms with Crippen LogP contribution in [0.15, 0.2) is 5.38 Å². The summed E-state index contributed by atoms with van der Waals surface area (Å²) in [6.07, 6.45) is 8.03. The fraction of sp³-hybridized carbons (Fsp3) is 0.733. The Morgan fingerprint density at radius 1 is 1.50 bits per heavy atom. The summed E-state index contributed by atoms with van der Waals surface area (Å²) in [6, 6.07) is 2.60. The second kappa shape index (κ2) is 5.84. The van der Waals surface area contributed by atoms with Gasteiger partial charge in [0.2, 0.25) is 0 Å². The molecule has 0 bridgehead atoms. The van der Waals surface area contributed by atoms with Crippen LogP contribution in [0.5, 0.6) is 0 Å². The molecule has 0 saturated heterocycles. The van der Waals surface area contributed by atoms with Gasteiger partial charge in [-0.25, -0.2) is 4.98 Å². The van der Waals surface area contributed by atoms with Crippen molar-refractivity contribution in [2.75, 3.05) is 0 Å². The Kier molecular flexibility index (Phi) is 4.40. The van der Waals surface area contributed by atoms with E-state index in [0.717, 1.165) is 35.9 Å². The van der Waals surface area contributed by atoms with Crippen molar-refractivity contribution in [3.8, 4) is 6.07 Å². The number of hydrogen-bond acceptors (Lipinski definition) is 3. The predicted molar refractivity (Wildman–Crippen MR) is 75.5 cm³/mol.